The Balaban J connectivity index is 3.23. The summed E-state index contributed by atoms with van der Waals surface area (Å²) in [6, 6.07) is 5.30. The van der Waals surface area contributed by atoms with Crippen LogP contribution in [0, 0.1) is 0 Å². The number of rotatable bonds is 3. The highest BCUT2D eigenvalue weighted by Gasteiger charge is 2.23. The van der Waals surface area contributed by atoms with E-state index < -0.39 is 0 Å². The van der Waals surface area contributed by atoms with Crippen molar-refractivity contribution in [3.8, 4) is 5.75 Å². The molecule has 0 radical (unpaired) electrons. The number of nitrogens with two attached hydrogens (primary N) is 1. The van der Waals surface area contributed by atoms with Gasteiger partial charge in [-0.2, -0.15) is 0 Å². The van der Waals surface area contributed by atoms with Crippen LogP contribution in [-0.4, -0.2) is 11.0 Å². The average molecular weight is 250 g/mol. The minimum Gasteiger partial charge on any atom is -0.508 e. The predicted molar refractivity (Wildman–Crippen MR) is 72.2 cm³/mol. The van der Waals surface area contributed by atoms with Crippen molar-refractivity contribution in [2.45, 2.75) is 45.4 Å². The van der Waals surface area contributed by atoms with Crippen LogP contribution >= 0.6 is 0 Å². The van der Waals surface area contributed by atoms with E-state index in [0.717, 1.165) is 11.1 Å². The third-order valence-corrected chi connectivity index (χ3v) is 3.10. The maximum Gasteiger partial charge on any atom is 0.241 e. The molecule has 0 spiro atoms. The first-order chi connectivity index (χ1) is 8.31. The Hall–Kier alpha value is -1.55. The van der Waals surface area contributed by atoms with Gasteiger partial charge in [0.1, 0.15) is 5.75 Å². The smallest absolute Gasteiger partial charge is 0.241 e. The summed E-state index contributed by atoms with van der Waals surface area (Å²) < 4.78 is 0. The number of carbonyl (C=O) groups is 1. The zero-order valence-corrected chi connectivity index (χ0v) is 11.4. The fourth-order valence-electron chi connectivity index (χ4n) is 2.04. The SMILES string of the molecule is CCC(C(=O)NN)c1ccc(O)c(C(C)(C)C)c1. The quantitative estimate of drug-likeness (QED) is 0.437. The lowest BCUT2D eigenvalue weighted by Gasteiger charge is -2.23. The van der Waals surface area contributed by atoms with E-state index >= 15 is 0 Å². The molecule has 0 aliphatic heterocycles. The molecule has 0 saturated carbocycles. The molecule has 18 heavy (non-hydrogen) atoms. The normalized spacial score (nSPS) is 13.2. The largest absolute Gasteiger partial charge is 0.508 e. The summed E-state index contributed by atoms with van der Waals surface area (Å²) in [4.78, 5) is 11.7. The Bertz CT molecular complexity index is 436. The Kier molecular flexibility index (Phi) is 4.35. The van der Waals surface area contributed by atoms with Gasteiger partial charge >= 0.3 is 0 Å². The van der Waals surface area contributed by atoms with Gasteiger partial charge in [-0.25, -0.2) is 5.84 Å². The van der Waals surface area contributed by atoms with Gasteiger partial charge in [0.15, 0.2) is 0 Å². The first-order valence-electron chi connectivity index (χ1n) is 6.15. The zero-order valence-electron chi connectivity index (χ0n) is 11.4. The fourth-order valence-corrected chi connectivity index (χ4v) is 2.04. The van der Waals surface area contributed by atoms with Gasteiger partial charge in [-0.15, -0.1) is 0 Å². The van der Waals surface area contributed by atoms with Gasteiger partial charge in [-0.05, 0) is 29.0 Å². The maximum absolute atomic E-state index is 11.7. The van der Waals surface area contributed by atoms with E-state index in [0.29, 0.717) is 6.42 Å². The first kappa shape index (κ1) is 14.5. The van der Waals surface area contributed by atoms with Crippen LogP contribution in [0.2, 0.25) is 0 Å². The number of nitrogens with one attached hydrogen (secondary N) is 1. The maximum atomic E-state index is 11.7. The second-order valence-corrected chi connectivity index (χ2v) is 5.50. The minimum absolute atomic E-state index is 0.169. The zero-order chi connectivity index (χ0) is 13.9. The number of phenolic OH excluding ortho intramolecular Hbond substituents is 1. The first-order valence-corrected chi connectivity index (χ1v) is 6.15. The molecule has 0 aliphatic carbocycles. The number of hydrogen-bond acceptors (Lipinski definition) is 3. The van der Waals surface area contributed by atoms with E-state index in [9.17, 15) is 9.90 Å². The van der Waals surface area contributed by atoms with Crippen LogP contribution in [0.5, 0.6) is 5.75 Å². The predicted octanol–water partition coefficient (Wildman–Crippen LogP) is 2.17. The summed E-state index contributed by atoms with van der Waals surface area (Å²) in [5, 5.41) is 9.90. The van der Waals surface area contributed by atoms with Crippen molar-refractivity contribution >= 4 is 5.91 Å². The summed E-state index contributed by atoms with van der Waals surface area (Å²) >= 11 is 0. The lowest BCUT2D eigenvalue weighted by atomic mass is 9.83. The molecular formula is C14H22N2O2. The van der Waals surface area contributed by atoms with Crippen LogP contribution in [-0.2, 0) is 10.2 Å². The van der Waals surface area contributed by atoms with Crippen LogP contribution in [0.15, 0.2) is 18.2 Å². The van der Waals surface area contributed by atoms with E-state index in [2.05, 4.69) is 5.43 Å². The summed E-state index contributed by atoms with van der Waals surface area (Å²) in [6.07, 6.45) is 0.664. The van der Waals surface area contributed by atoms with Crippen molar-refractivity contribution < 1.29 is 9.90 Å². The van der Waals surface area contributed by atoms with Gasteiger partial charge in [0, 0.05) is 0 Å². The second kappa shape index (κ2) is 5.40. The lowest BCUT2D eigenvalue weighted by molar-refractivity contribution is -0.122. The van der Waals surface area contributed by atoms with E-state index in [1.807, 2.05) is 33.8 Å². The summed E-state index contributed by atoms with van der Waals surface area (Å²) in [6.45, 7) is 8.00. The van der Waals surface area contributed by atoms with Crippen LogP contribution in [0.1, 0.15) is 51.2 Å². The molecule has 4 heteroatoms. The number of phenols is 1. The summed E-state index contributed by atoms with van der Waals surface area (Å²) in [7, 11) is 0. The van der Waals surface area contributed by atoms with Crippen molar-refractivity contribution in [2.24, 2.45) is 5.84 Å². The van der Waals surface area contributed by atoms with E-state index in [4.69, 9.17) is 5.84 Å². The molecule has 1 rings (SSSR count). The van der Waals surface area contributed by atoms with Crippen LogP contribution in [0.4, 0.5) is 0 Å². The summed E-state index contributed by atoms with van der Waals surface area (Å²) in [5.74, 6) is 4.96. The van der Waals surface area contributed by atoms with E-state index in [1.54, 1.807) is 12.1 Å². The van der Waals surface area contributed by atoms with Crippen molar-refractivity contribution in [2.75, 3.05) is 0 Å². The van der Waals surface area contributed by atoms with Gasteiger partial charge < -0.3 is 5.11 Å². The van der Waals surface area contributed by atoms with Crippen molar-refractivity contribution in [3.05, 3.63) is 29.3 Å². The highest BCUT2D eigenvalue weighted by Crippen LogP contribution is 2.33. The molecule has 0 saturated heterocycles. The third kappa shape index (κ3) is 3.01. The standard InChI is InChI=1S/C14H22N2O2/c1-5-10(13(18)16-15)9-6-7-12(17)11(8-9)14(2,3)4/h6-8,10,17H,5,15H2,1-4H3,(H,16,18). The molecule has 4 N–H and O–H groups in total. The number of hydrazine groups is 1. The highest BCUT2D eigenvalue weighted by molar-refractivity contribution is 5.83. The molecule has 1 unspecified atom stereocenters. The summed E-state index contributed by atoms with van der Waals surface area (Å²) in [5.41, 5.74) is 3.73. The third-order valence-electron chi connectivity index (χ3n) is 3.10. The molecule has 100 valence electrons. The molecule has 0 fully saturated rings. The molecule has 0 aromatic heterocycles. The topological polar surface area (TPSA) is 75.4 Å². The van der Waals surface area contributed by atoms with Crippen molar-refractivity contribution in [3.63, 3.8) is 0 Å². The van der Waals surface area contributed by atoms with Gasteiger partial charge in [-0.1, -0.05) is 39.8 Å². The molecule has 1 aromatic rings. The number of aromatic hydroxyl groups is 1. The molecule has 0 heterocycles. The Morgan fingerprint density at radius 1 is 1.44 bits per heavy atom. The Morgan fingerprint density at radius 3 is 2.50 bits per heavy atom. The van der Waals surface area contributed by atoms with Gasteiger partial charge in [-0.3, -0.25) is 10.2 Å². The van der Waals surface area contributed by atoms with Gasteiger partial charge in [0.05, 0.1) is 5.92 Å². The van der Waals surface area contributed by atoms with E-state index in [-0.39, 0.29) is 23.0 Å². The molecule has 0 aliphatic rings. The van der Waals surface area contributed by atoms with Gasteiger partial charge in [0.2, 0.25) is 5.91 Å². The van der Waals surface area contributed by atoms with E-state index in [1.165, 1.54) is 0 Å². The van der Waals surface area contributed by atoms with Crippen LogP contribution in [0.3, 0.4) is 0 Å². The Morgan fingerprint density at radius 2 is 2.06 bits per heavy atom. The molecule has 0 bridgehead atoms. The van der Waals surface area contributed by atoms with Gasteiger partial charge in [0.25, 0.3) is 0 Å². The average Bonchev–Trinajstić information content (AvgIpc) is 2.30. The van der Waals surface area contributed by atoms with Crippen LogP contribution < -0.4 is 11.3 Å². The lowest BCUT2D eigenvalue weighted by Crippen LogP contribution is -2.34. The fraction of sp³-hybridized carbons (Fsp3) is 0.500. The monoisotopic (exact) mass is 250 g/mol. The molecule has 1 amide bonds. The minimum atomic E-state index is -0.281. The molecule has 4 nitrogen and oxygen atoms in total. The van der Waals surface area contributed by atoms with Crippen molar-refractivity contribution in [1.29, 1.82) is 0 Å². The Labute approximate surface area is 108 Å². The number of carbonyl (C=O) groups excluding carboxylic acids is 1. The molecule has 1 aromatic carbocycles. The number of amides is 1. The van der Waals surface area contributed by atoms with Crippen molar-refractivity contribution in [1.82, 2.24) is 5.43 Å². The number of hydrogen-bond donors (Lipinski definition) is 3. The highest BCUT2D eigenvalue weighted by atomic mass is 16.3. The van der Waals surface area contributed by atoms with Crippen LogP contribution in [0.25, 0.3) is 0 Å². The molecular weight excluding hydrogens is 228 g/mol. The second-order valence-electron chi connectivity index (χ2n) is 5.50. The number of benzene rings is 1. The molecule has 1 atom stereocenters.